The highest BCUT2D eigenvalue weighted by molar-refractivity contribution is 5.95. The number of nitrogens with one attached hydrogen (secondary N) is 1. The summed E-state index contributed by atoms with van der Waals surface area (Å²) in [6.45, 7) is 1.74. The molecule has 2 aromatic carbocycles. The van der Waals surface area contributed by atoms with Crippen molar-refractivity contribution in [2.24, 2.45) is 0 Å². The van der Waals surface area contributed by atoms with Gasteiger partial charge in [-0.2, -0.15) is 5.26 Å². The topological polar surface area (TPSA) is 91.7 Å². The van der Waals surface area contributed by atoms with Crippen molar-refractivity contribution in [1.29, 1.82) is 5.26 Å². The van der Waals surface area contributed by atoms with Gasteiger partial charge in [0.05, 0.1) is 11.3 Å². The van der Waals surface area contributed by atoms with Gasteiger partial charge in [0.25, 0.3) is 0 Å². The lowest BCUT2D eigenvalue weighted by atomic mass is 10.1. The number of amides is 2. The Morgan fingerprint density at radius 1 is 1.19 bits per heavy atom. The predicted octanol–water partition coefficient (Wildman–Crippen LogP) is 2.67. The predicted molar refractivity (Wildman–Crippen MR) is 95.0 cm³/mol. The minimum absolute atomic E-state index is 0.0911. The van der Waals surface area contributed by atoms with Crippen LogP contribution in [0.1, 0.15) is 18.9 Å². The lowest BCUT2D eigenvalue weighted by Crippen LogP contribution is -2.32. The van der Waals surface area contributed by atoms with E-state index in [1.54, 1.807) is 42.5 Å². The van der Waals surface area contributed by atoms with Gasteiger partial charge in [-0.05, 0) is 24.3 Å². The van der Waals surface area contributed by atoms with Gasteiger partial charge in [-0.1, -0.05) is 12.1 Å². The third-order valence-electron chi connectivity index (χ3n) is 3.91. The number of para-hydroxylation sites is 1. The van der Waals surface area contributed by atoms with Gasteiger partial charge < -0.3 is 19.7 Å². The summed E-state index contributed by atoms with van der Waals surface area (Å²) < 4.78 is 10.5. The van der Waals surface area contributed by atoms with Crippen LogP contribution in [0.3, 0.4) is 0 Å². The minimum Gasteiger partial charge on any atom is -0.454 e. The van der Waals surface area contributed by atoms with Crippen LogP contribution in [-0.2, 0) is 9.59 Å². The van der Waals surface area contributed by atoms with Gasteiger partial charge in [-0.25, -0.2) is 0 Å². The Morgan fingerprint density at radius 3 is 2.73 bits per heavy atom. The molecule has 0 aromatic heterocycles. The molecule has 0 aliphatic carbocycles. The first-order valence-corrected chi connectivity index (χ1v) is 8.05. The summed E-state index contributed by atoms with van der Waals surface area (Å²) in [7, 11) is 0. The van der Waals surface area contributed by atoms with Crippen molar-refractivity contribution in [2.75, 3.05) is 23.6 Å². The number of carbonyl (C=O) groups excluding carboxylic acids is 2. The summed E-state index contributed by atoms with van der Waals surface area (Å²) in [5.74, 6) is 0.739. The van der Waals surface area contributed by atoms with Crippen LogP contribution >= 0.6 is 0 Å². The van der Waals surface area contributed by atoms with Crippen molar-refractivity contribution < 1.29 is 19.1 Å². The van der Waals surface area contributed by atoms with Gasteiger partial charge in [0.1, 0.15) is 6.07 Å². The molecule has 26 heavy (non-hydrogen) atoms. The van der Waals surface area contributed by atoms with E-state index in [2.05, 4.69) is 11.4 Å². The smallest absolute Gasteiger partial charge is 0.231 e. The average Bonchev–Trinajstić information content (AvgIpc) is 3.09. The lowest BCUT2D eigenvalue weighted by Gasteiger charge is -2.22. The second-order valence-electron chi connectivity index (χ2n) is 5.67. The molecule has 7 nitrogen and oxygen atoms in total. The zero-order valence-corrected chi connectivity index (χ0v) is 14.2. The number of nitriles is 1. The first-order valence-electron chi connectivity index (χ1n) is 8.05. The van der Waals surface area contributed by atoms with E-state index in [4.69, 9.17) is 9.47 Å². The molecule has 3 rings (SSSR count). The Bertz CT molecular complexity index is 889. The Labute approximate surface area is 150 Å². The molecule has 0 bridgehead atoms. The Morgan fingerprint density at radius 2 is 1.96 bits per heavy atom. The minimum atomic E-state index is -0.246. The molecule has 132 valence electrons. The number of hydrogen-bond donors (Lipinski definition) is 1. The van der Waals surface area contributed by atoms with E-state index in [0.717, 1.165) is 0 Å². The molecule has 0 spiro atoms. The van der Waals surface area contributed by atoms with Gasteiger partial charge in [-0.3, -0.25) is 9.59 Å². The standard InChI is InChI=1S/C19H17N3O4/c1-13(23)22(16-5-3-2-4-14(16)11-20)9-8-19(24)21-15-6-7-17-18(10-15)26-12-25-17/h2-7,10H,8-9,12H2,1H3,(H,21,24). The third kappa shape index (κ3) is 3.75. The molecule has 1 heterocycles. The lowest BCUT2D eigenvalue weighted by molar-refractivity contribution is -0.117. The largest absolute Gasteiger partial charge is 0.454 e. The quantitative estimate of drug-likeness (QED) is 0.894. The fourth-order valence-electron chi connectivity index (χ4n) is 2.66. The first kappa shape index (κ1) is 17.3. The van der Waals surface area contributed by atoms with Crippen molar-refractivity contribution in [1.82, 2.24) is 0 Å². The first-order chi connectivity index (χ1) is 12.6. The van der Waals surface area contributed by atoms with E-state index < -0.39 is 0 Å². The molecule has 1 aliphatic rings. The summed E-state index contributed by atoms with van der Waals surface area (Å²) in [6, 6.07) is 14.0. The van der Waals surface area contributed by atoms with Crippen molar-refractivity contribution in [3.63, 3.8) is 0 Å². The number of hydrogen-bond acceptors (Lipinski definition) is 5. The fourth-order valence-corrected chi connectivity index (χ4v) is 2.66. The van der Waals surface area contributed by atoms with Gasteiger partial charge in [0.15, 0.2) is 11.5 Å². The van der Waals surface area contributed by atoms with Crippen LogP contribution in [0.15, 0.2) is 42.5 Å². The molecule has 0 unspecified atom stereocenters. The average molecular weight is 351 g/mol. The second kappa shape index (κ2) is 7.57. The number of carbonyl (C=O) groups is 2. The molecule has 0 atom stereocenters. The number of ether oxygens (including phenoxy) is 2. The molecule has 2 aromatic rings. The van der Waals surface area contributed by atoms with Crippen molar-refractivity contribution in [3.8, 4) is 17.6 Å². The number of anilines is 2. The highest BCUT2D eigenvalue weighted by atomic mass is 16.7. The highest BCUT2D eigenvalue weighted by Crippen LogP contribution is 2.34. The molecule has 1 N–H and O–H groups in total. The summed E-state index contributed by atoms with van der Waals surface area (Å²) in [6.07, 6.45) is 0.0911. The van der Waals surface area contributed by atoms with E-state index in [0.29, 0.717) is 28.4 Å². The van der Waals surface area contributed by atoms with Crippen LogP contribution < -0.4 is 19.7 Å². The summed E-state index contributed by atoms with van der Waals surface area (Å²) in [4.78, 5) is 25.6. The maximum atomic E-state index is 12.2. The van der Waals surface area contributed by atoms with E-state index in [-0.39, 0.29) is 31.6 Å². The van der Waals surface area contributed by atoms with Crippen LogP contribution in [-0.4, -0.2) is 25.2 Å². The number of fused-ring (bicyclic) bond motifs is 1. The molecular formula is C19H17N3O4. The van der Waals surface area contributed by atoms with E-state index in [1.165, 1.54) is 11.8 Å². The Hall–Kier alpha value is -3.53. The molecule has 0 radical (unpaired) electrons. The number of nitrogens with zero attached hydrogens (tertiary/aromatic N) is 2. The Balaban J connectivity index is 1.65. The zero-order valence-electron chi connectivity index (χ0n) is 14.2. The zero-order chi connectivity index (χ0) is 18.5. The van der Waals surface area contributed by atoms with Gasteiger partial charge in [-0.15, -0.1) is 0 Å². The van der Waals surface area contributed by atoms with Crippen LogP contribution in [0.25, 0.3) is 0 Å². The van der Waals surface area contributed by atoms with Gasteiger partial charge in [0, 0.05) is 31.6 Å². The summed E-state index contributed by atoms with van der Waals surface area (Å²) in [5, 5.41) is 12.0. The second-order valence-corrected chi connectivity index (χ2v) is 5.67. The molecule has 2 amide bonds. The maximum absolute atomic E-state index is 12.2. The van der Waals surface area contributed by atoms with Gasteiger partial charge in [0.2, 0.25) is 18.6 Å². The van der Waals surface area contributed by atoms with E-state index >= 15 is 0 Å². The third-order valence-corrected chi connectivity index (χ3v) is 3.91. The van der Waals surface area contributed by atoms with E-state index in [1.807, 2.05) is 0 Å². The summed E-state index contributed by atoms with van der Waals surface area (Å²) >= 11 is 0. The fraction of sp³-hybridized carbons (Fsp3) is 0.211. The van der Waals surface area contributed by atoms with Crippen molar-refractivity contribution >= 4 is 23.2 Å². The highest BCUT2D eigenvalue weighted by Gasteiger charge is 2.17. The molecular weight excluding hydrogens is 334 g/mol. The Kier molecular flexibility index (Phi) is 5.04. The SMILES string of the molecule is CC(=O)N(CCC(=O)Nc1ccc2c(c1)OCO2)c1ccccc1C#N. The van der Waals surface area contributed by atoms with Crippen LogP contribution in [0.5, 0.6) is 11.5 Å². The molecule has 0 saturated carbocycles. The monoisotopic (exact) mass is 351 g/mol. The van der Waals surface area contributed by atoms with E-state index in [9.17, 15) is 14.9 Å². The van der Waals surface area contributed by atoms with Crippen LogP contribution in [0, 0.1) is 11.3 Å². The molecule has 7 heteroatoms. The van der Waals surface area contributed by atoms with Gasteiger partial charge >= 0.3 is 0 Å². The van der Waals surface area contributed by atoms with Crippen LogP contribution in [0.4, 0.5) is 11.4 Å². The maximum Gasteiger partial charge on any atom is 0.231 e. The molecule has 0 fully saturated rings. The summed E-state index contributed by atoms with van der Waals surface area (Å²) in [5.41, 5.74) is 1.48. The van der Waals surface area contributed by atoms with Crippen molar-refractivity contribution in [3.05, 3.63) is 48.0 Å². The van der Waals surface area contributed by atoms with Crippen LogP contribution in [0.2, 0.25) is 0 Å². The number of rotatable bonds is 5. The normalized spacial score (nSPS) is 11.5. The molecule has 1 aliphatic heterocycles. The van der Waals surface area contributed by atoms with Crippen molar-refractivity contribution in [2.45, 2.75) is 13.3 Å². The number of benzene rings is 2. The molecule has 0 saturated heterocycles.